The van der Waals surface area contributed by atoms with Crippen molar-refractivity contribution < 1.29 is 9.84 Å². The number of pyridine rings is 1. The molecule has 0 fully saturated rings. The molecule has 26 heavy (non-hydrogen) atoms. The van der Waals surface area contributed by atoms with Gasteiger partial charge in [-0.25, -0.2) is 0 Å². The lowest BCUT2D eigenvalue weighted by Crippen LogP contribution is -2.23. The van der Waals surface area contributed by atoms with Gasteiger partial charge in [0.1, 0.15) is 0 Å². The van der Waals surface area contributed by atoms with Crippen molar-refractivity contribution in [3.05, 3.63) is 89.2 Å². The highest BCUT2D eigenvalue weighted by molar-refractivity contribution is 5.48. The fourth-order valence-corrected chi connectivity index (χ4v) is 3.07. The number of phenolic OH excluding ortho intramolecular Hbond substituents is 1. The molecule has 4 heteroatoms. The fourth-order valence-electron chi connectivity index (χ4n) is 3.07. The first kappa shape index (κ1) is 18.0. The minimum Gasteiger partial charge on any atom is -0.504 e. The van der Waals surface area contributed by atoms with E-state index < -0.39 is 0 Å². The Kier molecular flexibility index (Phi) is 5.87. The molecule has 0 saturated carbocycles. The number of hydrogen-bond donors (Lipinski definition) is 1. The average Bonchev–Trinajstić information content (AvgIpc) is 2.66. The molecular weight excluding hydrogens is 324 g/mol. The van der Waals surface area contributed by atoms with Gasteiger partial charge in [-0.2, -0.15) is 0 Å². The number of rotatable bonds is 7. The minimum absolute atomic E-state index is 0.206. The van der Waals surface area contributed by atoms with Gasteiger partial charge in [0.25, 0.3) is 0 Å². The van der Waals surface area contributed by atoms with Crippen LogP contribution >= 0.6 is 0 Å². The van der Waals surface area contributed by atoms with Gasteiger partial charge in [0.15, 0.2) is 11.5 Å². The van der Waals surface area contributed by atoms with E-state index in [2.05, 4.69) is 22.0 Å². The molecule has 1 heterocycles. The predicted molar refractivity (Wildman–Crippen MR) is 103 cm³/mol. The summed E-state index contributed by atoms with van der Waals surface area (Å²) in [6.07, 6.45) is 1.81. The molecule has 0 unspecified atom stereocenters. The molecule has 1 N–H and O–H groups in total. The van der Waals surface area contributed by atoms with Gasteiger partial charge in [-0.1, -0.05) is 42.5 Å². The van der Waals surface area contributed by atoms with Gasteiger partial charge in [-0.05, 0) is 36.2 Å². The third kappa shape index (κ3) is 4.61. The van der Waals surface area contributed by atoms with Gasteiger partial charge in [0.05, 0.1) is 12.8 Å². The lowest BCUT2D eigenvalue weighted by Gasteiger charge is -2.23. The van der Waals surface area contributed by atoms with Crippen LogP contribution in [-0.2, 0) is 19.6 Å². The number of benzene rings is 2. The molecular formula is C22H24N2O2. The summed E-state index contributed by atoms with van der Waals surface area (Å²) in [5, 5.41) is 10.5. The summed E-state index contributed by atoms with van der Waals surface area (Å²) in [6.45, 7) is 4.08. The zero-order valence-electron chi connectivity index (χ0n) is 15.2. The van der Waals surface area contributed by atoms with E-state index in [0.29, 0.717) is 18.8 Å². The quantitative estimate of drug-likeness (QED) is 0.691. The Balaban J connectivity index is 1.87. The van der Waals surface area contributed by atoms with Gasteiger partial charge in [-0.3, -0.25) is 9.88 Å². The van der Waals surface area contributed by atoms with Gasteiger partial charge in [0.2, 0.25) is 0 Å². The zero-order chi connectivity index (χ0) is 18.4. The topological polar surface area (TPSA) is 45.6 Å². The first-order chi connectivity index (χ1) is 12.7. The minimum atomic E-state index is 0.206. The van der Waals surface area contributed by atoms with Crippen molar-refractivity contribution in [2.24, 2.45) is 0 Å². The molecule has 4 nitrogen and oxygen atoms in total. The average molecular weight is 348 g/mol. The summed E-state index contributed by atoms with van der Waals surface area (Å²) in [7, 11) is 1.58. The molecule has 2 aromatic carbocycles. The molecule has 134 valence electrons. The molecule has 1 aromatic heterocycles. The summed E-state index contributed by atoms with van der Waals surface area (Å²) in [5.74, 6) is 0.717. The second-order valence-electron chi connectivity index (χ2n) is 6.43. The summed E-state index contributed by atoms with van der Waals surface area (Å²) in [5.41, 5.74) is 4.14. The highest BCUT2D eigenvalue weighted by Gasteiger charge is 2.15. The van der Waals surface area contributed by atoms with E-state index in [-0.39, 0.29) is 5.75 Å². The summed E-state index contributed by atoms with van der Waals surface area (Å²) in [6, 6.07) is 20.1. The van der Waals surface area contributed by atoms with Crippen LogP contribution in [0.2, 0.25) is 0 Å². The number of methoxy groups -OCH3 is 1. The maximum atomic E-state index is 10.5. The Morgan fingerprint density at radius 2 is 1.73 bits per heavy atom. The van der Waals surface area contributed by atoms with Crippen LogP contribution in [-0.4, -0.2) is 22.1 Å². The fraction of sp³-hybridized carbons (Fsp3) is 0.227. The summed E-state index contributed by atoms with van der Waals surface area (Å²) < 4.78 is 5.30. The van der Waals surface area contributed by atoms with Crippen molar-refractivity contribution in [1.82, 2.24) is 9.88 Å². The molecule has 3 rings (SSSR count). The van der Waals surface area contributed by atoms with Crippen LogP contribution in [0.5, 0.6) is 11.5 Å². The molecule has 0 radical (unpaired) electrons. The molecule has 0 aliphatic rings. The number of aromatic hydroxyl groups is 1. The third-order valence-electron chi connectivity index (χ3n) is 4.27. The van der Waals surface area contributed by atoms with Crippen molar-refractivity contribution in [2.45, 2.75) is 26.6 Å². The highest BCUT2D eigenvalue weighted by Crippen LogP contribution is 2.32. The van der Waals surface area contributed by atoms with Crippen molar-refractivity contribution in [3.63, 3.8) is 0 Å². The van der Waals surface area contributed by atoms with Gasteiger partial charge in [0, 0.05) is 31.4 Å². The predicted octanol–water partition coefficient (Wildman–Crippen LogP) is 4.31. The standard InChI is InChI=1S/C22H24N2O2/c1-17-12-19(22(25)21(13-17)26-2)15-24(14-18-8-4-3-5-9-18)16-20-10-6-7-11-23-20/h3-13,25H,14-16H2,1-2H3. The van der Waals surface area contributed by atoms with Gasteiger partial charge in [-0.15, -0.1) is 0 Å². The van der Waals surface area contributed by atoms with E-state index >= 15 is 0 Å². The SMILES string of the molecule is COc1cc(C)cc(CN(Cc2ccccc2)Cc2ccccn2)c1O. The van der Waals surface area contributed by atoms with E-state index in [0.717, 1.165) is 23.4 Å². The number of ether oxygens (including phenoxy) is 1. The number of aromatic nitrogens is 1. The molecule has 3 aromatic rings. The van der Waals surface area contributed by atoms with Crippen molar-refractivity contribution >= 4 is 0 Å². The lowest BCUT2D eigenvalue weighted by molar-refractivity contribution is 0.240. The Morgan fingerprint density at radius 3 is 2.42 bits per heavy atom. The van der Waals surface area contributed by atoms with Crippen LogP contribution in [0, 0.1) is 6.92 Å². The summed E-state index contributed by atoms with van der Waals surface area (Å²) in [4.78, 5) is 6.72. The van der Waals surface area contributed by atoms with Crippen LogP contribution in [0.1, 0.15) is 22.4 Å². The van der Waals surface area contributed by atoms with Crippen LogP contribution in [0.4, 0.5) is 0 Å². The van der Waals surface area contributed by atoms with Gasteiger partial charge >= 0.3 is 0 Å². The normalized spacial score (nSPS) is 10.9. The van der Waals surface area contributed by atoms with Crippen molar-refractivity contribution in [1.29, 1.82) is 0 Å². The van der Waals surface area contributed by atoms with E-state index in [9.17, 15) is 5.11 Å². The van der Waals surface area contributed by atoms with Crippen LogP contribution < -0.4 is 4.74 Å². The Morgan fingerprint density at radius 1 is 0.962 bits per heavy atom. The van der Waals surface area contributed by atoms with Crippen molar-refractivity contribution in [3.8, 4) is 11.5 Å². The van der Waals surface area contributed by atoms with Crippen LogP contribution in [0.25, 0.3) is 0 Å². The first-order valence-electron chi connectivity index (χ1n) is 8.68. The Labute approximate surface area is 154 Å². The summed E-state index contributed by atoms with van der Waals surface area (Å²) >= 11 is 0. The maximum Gasteiger partial charge on any atom is 0.162 e. The van der Waals surface area contributed by atoms with Gasteiger partial charge < -0.3 is 9.84 Å². The first-order valence-corrected chi connectivity index (χ1v) is 8.68. The van der Waals surface area contributed by atoms with Crippen LogP contribution in [0.3, 0.4) is 0 Å². The van der Waals surface area contributed by atoms with Crippen LogP contribution in [0.15, 0.2) is 66.9 Å². The number of nitrogens with zero attached hydrogens (tertiary/aromatic N) is 2. The number of hydrogen-bond acceptors (Lipinski definition) is 4. The molecule has 0 aliphatic carbocycles. The maximum absolute atomic E-state index is 10.5. The molecule has 0 bridgehead atoms. The number of phenols is 1. The third-order valence-corrected chi connectivity index (χ3v) is 4.27. The molecule has 0 aliphatic heterocycles. The second-order valence-corrected chi connectivity index (χ2v) is 6.43. The zero-order valence-corrected chi connectivity index (χ0v) is 15.2. The Bertz CT molecular complexity index is 794. The van der Waals surface area contributed by atoms with E-state index in [1.807, 2.05) is 61.7 Å². The molecule has 0 amide bonds. The monoisotopic (exact) mass is 348 g/mol. The van der Waals surface area contributed by atoms with E-state index in [1.165, 1.54) is 5.56 Å². The largest absolute Gasteiger partial charge is 0.504 e. The molecule has 0 atom stereocenters. The van der Waals surface area contributed by atoms with E-state index in [1.54, 1.807) is 7.11 Å². The second kappa shape index (κ2) is 8.50. The Hall–Kier alpha value is -2.85. The lowest BCUT2D eigenvalue weighted by atomic mass is 10.1. The highest BCUT2D eigenvalue weighted by atomic mass is 16.5. The van der Waals surface area contributed by atoms with E-state index in [4.69, 9.17) is 4.74 Å². The molecule has 0 saturated heterocycles. The van der Waals surface area contributed by atoms with Crippen molar-refractivity contribution in [2.75, 3.05) is 7.11 Å². The molecule has 0 spiro atoms. The number of aryl methyl sites for hydroxylation is 1. The smallest absolute Gasteiger partial charge is 0.162 e.